The number of aryl methyl sites for hydroxylation is 1. The molecule has 1 aliphatic rings. The predicted molar refractivity (Wildman–Crippen MR) is 75.6 cm³/mol. The Morgan fingerprint density at radius 1 is 1.47 bits per heavy atom. The molecule has 1 aromatic heterocycles. The summed E-state index contributed by atoms with van der Waals surface area (Å²) in [5.74, 6) is 0.918. The highest BCUT2D eigenvalue weighted by molar-refractivity contribution is 5.41. The number of aromatic nitrogens is 1. The molecule has 1 fully saturated rings. The van der Waals surface area contributed by atoms with Crippen molar-refractivity contribution in [1.29, 1.82) is 0 Å². The Hall–Kier alpha value is -1.13. The van der Waals surface area contributed by atoms with Gasteiger partial charge in [0.15, 0.2) is 0 Å². The van der Waals surface area contributed by atoms with Crippen molar-refractivity contribution in [1.82, 2.24) is 10.3 Å². The lowest BCUT2D eigenvalue weighted by atomic mass is 9.77. The molecule has 4 nitrogen and oxygen atoms in total. The van der Waals surface area contributed by atoms with Crippen LogP contribution in [0.3, 0.4) is 0 Å². The fourth-order valence-corrected chi connectivity index (χ4v) is 2.98. The lowest BCUT2D eigenvalue weighted by Crippen LogP contribution is -2.44. The fourth-order valence-electron chi connectivity index (χ4n) is 2.98. The highest BCUT2D eigenvalue weighted by Crippen LogP contribution is 2.33. The van der Waals surface area contributed by atoms with Crippen molar-refractivity contribution in [2.24, 2.45) is 5.41 Å². The third-order valence-corrected chi connectivity index (χ3v) is 4.19. The van der Waals surface area contributed by atoms with E-state index in [-0.39, 0.29) is 12.0 Å². The van der Waals surface area contributed by atoms with Crippen LogP contribution in [0.25, 0.3) is 0 Å². The van der Waals surface area contributed by atoms with Gasteiger partial charge in [-0.1, -0.05) is 0 Å². The van der Waals surface area contributed by atoms with Crippen LogP contribution >= 0.6 is 0 Å². The number of ether oxygens (including phenoxy) is 1. The standard InChI is InChI=1S/C15H24N2O2/c1-11-8-17-13(12(2)14(11)19-3)7-15(10-18)5-4-6-16-9-15/h8,16,18H,4-7,9-10H2,1-3H3. The largest absolute Gasteiger partial charge is 0.496 e. The second kappa shape index (κ2) is 5.88. The van der Waals surface area contributed by atoms with Crippen LogP contribution in [0.15, 0.2) is 6.20 Å². The monoisotopic (exact) mass is 264 g/mol. The summed E-state index contributed by atoms with van der Waals surface area (Å²) in [6.45, 7) is 6.17. The van der Waals surface area contributed by atoms with Crippen molar-refractivity contribution < 1.29 is 9.84 Å². The van der Waals surface area contributed by atoms with Gasteiger partial charge in [-0.15, -0.1) is 0 Å². The molecule has 0 aromatic carbocycles. The third-order valence-electron chi connectivity index (χ3n) is 4.19. The Labute approximate surface area is 115 Å². The third kappa shape index (κ3) is 2.90. The first kappa shape index (κ1) is 14.3. The molecule has 2 N–H and O–H groups in total. The van der Waals surface area contributed by atoms with Gasteiger partial charge in [-0.2, -0.15) is 0 Å². The molecule has 0 radical (unpaired) electrons. The van der Waals surface area contributed by atoms with E-state index in [1.807, 2.05) is 13.1 Å². The first-order chi connectivity index (χ1) is 9.12. The number of aliphatic hydroxyl groups is 1. The fraction of sp³-hybridized carbons (Fsp3) is 0.667. The van der Waals surface area contributed by atoms with E-state index in [0.717, 1.165) is 54.9 Å². The maximum Gasteiger partial charge on any atom is 0.128 e. The topological polar surface area (TPSA) is 54.4 Å². The van der Waals surface area contributed by atoms with Crippen molar-refractivity contribution in [2.45, 2.75) is 33.1 Å². The van der Waals surface area contributed by atoms with Crippen LogP contribution in [0.4, 0.5) is 0 Å². The minimum Gasteiger partial charge on any atom is -0.496 e. The van der Waals surface area contributed by atoms with Crippen LogP contribution in [-0.2, 0) is 6.42 Å². The first-order valence-electron chi connectivity index (χ1n) is 6.92. The van der Waals surface area contributed by atoms with Crippen molar-refractivity contribution in [3.63, 3.8) is 0 Å². The zero-order chi connectivity index (χ0) is 13.9. The molecule has 0 saturated carbocycles. The van der Waals surface area contributed by atoms with Crippen LogP contribution in [0.2, 0.25) is 0 Å². The summed E-state index contributed by atoms with van der Waals surface area (Å²) in [6.07, 6.45) is 4.83. The van der Waals surface area contributed by atoms with Gasteiger partial charge in [0, 0.05) is 35.0 Å². The average molecular weight is 264 g/mol. The van der Waals surface area contributed by atoms with Crippen molar-refractivity contribution in [3.05, 3.63) is 23.0 Å². The molecule has 4 heteroatoms. The van der Waals surface area contributed by atoms with Gasteiger partial charge in [-0.3, -0.25) is 4.98 Å². The summed E-state index contributed by atoms with van der Waals surface area (Å²) in [4.78, 5) is 4.55. The van der Waals surface area contributed by atoms with E-state index >= 15 is 0 Å². The minimum absolute atomic E-state index is 0.0731. The summed E-state index contributed by atoms with van der Waals surface area (Å²) >= 11 is 0. The molecule has 0 spiro atoms. The number of hydrogen-bond donors (Lipinski definition) is 2. The van der Waals surface area contributed by atoms with E-state index < -0.39 is 0 Å². The highest BCUT2D eigenvalue weighted by Gasteiger charge is 2.33. The second-order valence-corrected chi connectivity index (χ2v) is 5.66. The number of hydrogen-bond acceptors (Lipinski definition) is 4. The number of rotatable bonds is 4. The Kier molecular flexibility index (Phi) is 4.42. The second-order valence-electron chi connectivity index (χ2n) is 5.66. The molecule has 0 bridgehead atoms. The van der Waals surface area contributed by atoms with Gasteiger partial charge < -0.3 is 15.2 Å². The normalized spacial score (nSPS) is 23.4. The number of pyridine rings is 1. The quantitative estimate of drug-likeness (QED) is 0.867. The van der Waals surface area contributed by atoms with E-state index in [1.165, 1.54) is 0 Å². The summed E-state index contributed by atoms with van der Waals surface area (Å²) in [6, 6.07) is 0. The maximum atomic E-state index is 9.78. The lowest BCUT2D eigenvalue weighted by Gasteiger charge is -2.36. The number of methoxy groups -OCH3 is 1. The van der Waals surface area contributed by atoms with Gasteiger partial charge in [0.2, 0.25) is 0 Å². The minimum atomic E-state index is -0.0731. The molecular weight excluding hydrogens is 240 g/mol. The number of piperidine rings is 1. The van der Waals surface area contributed by atoms with Gasteiger partial charge in [-0.05, 0) is 39.7 Å². The van der Waals surface area contributed by atoms with E-state index in [2.05, 4.69) is 17.2 Å². The maximum absolute atomic E-state index is 9.78. The number of nitrogens with one attached hydrogen (secondary N) is 1. The average Bonchev–Trinajstić information content (AvgIpc) is 2.44. The molecule has 2 heterocycles. The van der Waals surface area contributed by atoms with Crippen LogP contribution in [0, 0.1) is 19.3 Å². The Balaban J connectivity index is 2.27. The van der Waals surface area contributed by atoms with Crippen LogP contribution in [0.1, 0.15) is 29.7 Å². The van der Waals surface area contributed by atoms with Gasteiger partial charge in [0.25, 0.3) is 0 Å². The molecule has 1 atom stereocenters. The van der Waals surface area contributed by atoms with Gasteiger partial charge in [-0.25, -0.2) is 0 Å². The molecular formula is C15H24N2O2. The highest BCUT2D eigenvalue weighted by atomic mass is 16.5. The number of aliphatic hydroxyl groups excluding tert-OH is 1. The zero-order valence-corrected chi connectivity index (χ0v) is 12.1. The van der Waals surface area contributed by atoms with Crippen LogP contribution < -0.4 is 10.1 Å². The predicted octanol–water partition coefficient (Wildman–Crippen LogP) is 1.61. The smallest absolute Gasteiger partial charge is 0.128 e. The molecule has 2 rings (SSSR count). The molecule has 19 heavy (non-hydrogen) atoms. The Morgan fingerprint density at radius 2 is 2.26 bits per heavy atom. The Bertz CT molecular complexity index is 440. The molecule has 1 saturated heterocycles. The van der Waals surface area contributed by atoms with Crippen LogP contribution in [0.5, 0.6) is 5.75 Å². The van der Waals surface area contributed by atoms with E-state index in [0.29, 0.717) is 0 Å². The van der Waals surface area contributed by atoms with Gasteiger partial charge >= 0.3 is 0 Å². The van der Waals surface area contributed by atoms with Crippen molar-refractivity contribution in [2.75, 3.05) is 26.8 Å². The van der Waals surface area contributed by atoms with E-state index in [1.54, 1.807) is 7.11 Å². The SMILES string of the molecule is COc1c(C)cnc(CC2(CO)CCCNC2)c1C. The summed E-state index contributed by atoms with van der Waals surface area (Å²) in [5, 5.41) is 13.2. The lowest BCUT2D eigenvalue weighted by molar-refractivity contribution is 0.0936. The molecule has 1 aromatic rings. The van der Waals surface area contributed by atoms with E-state index in [4.69, 9.17) is 4.74 Å². The van der Waals surface area contributed by atoms with Gasteiger partial charge in [0.05, 0.1) is 13.7 Å². The Morgan fingerprint density at radius 3 is 2.84 bits per heavy atom. The molecule has 1 unspecified atom stereocenters. The van der Waals surface area contributed by atoms with Gasteiger partial charge in [0.1, 0.15) is 5.75 Å². The van der Waals surface area contributed by atoms with E-state index in [9.17, 15) is 5.11 Å². The van der Waals surface area contributed by atoms with Crippen molar-refractivity contribution in [3.8, 4) is 5.75 Å². The summed E-state index contributed by atoms with van der Waals surface area (Å²) < 4.78 is 5.45. The van der Waals surface area contributed by atoms with Crippen LogP contribution in [-0.4, -0.2) is 36.9 Å². The number of nitrogens with zero attached hydrogens (tertiary/aromatic N) is 1. The van der Waals surface area contributed by atoms with Crippen molar-refractivity contribution >= 4 is 0 Å². The summed E-state index contributed by atoms with van der Waals surface area (Å²) in [7, 11) is 1.70. The zero-order valence-electron chi connectivity index (χ0n) is 12.1. The molecule has 0 amide bonds. The molecule has 1 aliphatic heterocycles. The first-order valence-corrected chi connectivity index (χ1v) is 6.92. The molecule has 0 aliphatic carbocycles. The summed E-state index contributed by atoms with van der Waals surface area (Å²) in [5.41, 5.74) is 3.13. The molecule has 106 valence electrons.